The third-order valence-corrected chi connectivity index (χ3v) is 4.29. The molecule has 1 fully saturated rings. The molecule has 0 spiro atoms. The normalized spacial score (nSPS) is 15.9. The largest absolute Gasteiger partial charge is 0.454 e. The number of carbonyl (C=O) groups excluding carboxylic acids is 2. The molecule has 1 aromatic rings. The number of hydrogen-bond donors (Lipinski definition) is 3. The first kappa shape index (κ1) is 18.8. The van der Waals surface area contributed by atoms with Crippen LogP contribution in [-0.2, 0) is 11.3 Å². The lowest BCUT2D eigenvalue weighted by molar-refractivity contribution is -0.121. The molecule has 0 radical (unpaired) electrons. The third-order valence-electron chi connectivity index (χ3n) is 4.29. The fourth-order valence-corrected chi connectivity index (χ4v) is 2.89. The number of guanidine groups is 1. The van der Waals surface area contributed by atoms with Crippen LogP contribution in [-0.4, -0.2) is 49.4 Å². The van der Waals surface area contributed by atoms with Gasteiger partial charge in [-0.2, -0.15) is 0 Å². The van der Waals surface area contributed by atoms with Crippen LogP contribution in [0.25, 0.3) is 0 Å². The molecule has 1 saturated heterocycles. The van der Waals surface area contributed by atoms with Gasteiger partial charge in [0.25, 0.3) is 5.91 Å². The van der Waals surface area contributed by atoms with E-state index in [4.69, 9.17) is 10.2 Å². The lowest BCUT2D eigenvalue weighted by Gasteiger charge is -2.34. The first-order valence-electron chi connectivity index (χ1n) is 8.65. The Hall–Kier alpha value is -2.51. The molecule has 1 aliphatic rings. The van der Waals surface area contributed by atoms with Gasteiger partial charge in [0, 0.05) is 33.1 Å². The molecule has 138 valence electrons. The number of nitrogens with one attached hydrogen (secondary N) is 2. The Morgan fingerprint density at radius 1 is 1.36 bits per heavy atom. The number of aliphatic imine (C=N–C) groups is 1. The fourth-order valence-electron chi connectivity index (χ4n) is 2.89. The van der Waals surface area contributed by atoms with Crippen LogP contribution in [0.5, 0.6) is 0 Å². The van der Waals surface area contributed by atoms with E-state index in [0.29, 0.717) is 24.6 Å². The Morgan fingerprint density at radius 3 is 2.64 bits per heavy atom. The Morgan fingerprint density at radius 2 is 2.08 bits per heavy atom. The van der Waals surface area contributed by atoms with Crippen molar-refractivity contribution >= 4 is 17.8 Å². The van der Waals surface area contributed by atoms with E-state index in [2.05, 4.69) is 20.5 Å². The highest BCUT2D eigenvalue weighted by Gasteiger charge is 2.23. The number of piperidine rings is 1. The molecular formula is C17H27N5O3. The van der Waals surface area contributed by atoms with Gasteiger partial charge in [-0.05, 0) is 37.8 Å². The molecule has 0 aromatic carbocycles. The third kappa shape index (κ3) is 5.51. The predicted molar refractivity (Wildman–Crippen MR) is 95.0 cm³/mol. The van der Waals surface area contributed by atoms with Crippen molar-refractivity contribution < 1.29 is 14.0 Å². The van der Waals surface area contributed by atoms with Crippen molar-refractivity contribution in [2.75, 3.05) is 26.7 Å². The minimum absolute atomic E-state index is 0.0992. The Labute approximate surface area is 147 Å². The summed E-state index contributed by atoms with van der Waals surface area (Å²) in [5, 5.41) is 5.97. The lowest BCUT2D eigenvalue weighted by atomic mass is 9.93. The van der Waals surface area contributed by atoms with Crippen molar-refractivity contribution in [1.29, 1.82) is 0 Å². The standard InChI is InChI=1S/C17H27N5O3/c1-3-20-17(21-11-13-4-5-14(25-13)16(18)24)22-8-6-12(7-9-22)10-15(23)19-2/h4-5,12H,3,6-11H2,1-2H3,(H2,18,24)(H,19,23)(H,20,21). The van der Waals surface area contributed by atoms with Crippen LogP contribution >= 0.6 is 0 Å². The molecule has 2 heterocycles. The van der Waals surface area contributed by atoms with Crippen LogP contribution < -0.4 is 16.4 Å². The molecule has 1 aromatic heterocycles. The van der Waals surface area contributed by atoms with Crippen molar-refractivity contribution in [1.82, 2.24) is 15.5 Å². The molecule has 4 N–H and O–H groups in total. The summed E-state index contributed by atoms with van der Waals surface area (Å²) >= 11 is 0. The van der Waals surface area contributed by atoms with Crippen molar-refractivity contribution in [3.63, 3.8) is 0 Å². The molecule has 0 saturated carbocycles. The minimum atomic E-state index is -0.583. The smallest absolute Gasteiger partial charge is 0.284 e. The highest BCUT2D eigenvalue weighted by atomic mass is 16.3. The zero-order valence-corrected chi connectivity index (χ0v) is 14.9. The summed E-state index contributed by atoms with van der Waals surface area (Å²) in [6, 6.07) is 3.27. The van der Waals surface area contributed by atoms with Gasteiger partial charge in [-0.15, -0.1) is 0 Å². The molecular weight excluding hydrogens is 322 g/mol. The van der Waals surface area contributed by atoms with E-state index in [1.807, 2.05) is 6.92 Å². The maximum absolute atomic E-state index is 11.5. The lowest BCUT2D eigenvalue weighted by Crippen LogP contribution is -2.46. The summed E-state index contributed by atoms with van der Waals surface area (Å²) in [6.07, 6.45) is 2.51. The van der Waals surface area contributed by atoms with Crippen LogP contribution in [0, 0.1) is 5.92 Å². The summed E-state index contributed by atoms with van der Waals surface area (Å²) < 4.78 is 5.36. The van der Waals surface area contributed by atoms with Crippen LogP contribution in [0.15, 0.2) is 21.5 Å². The number of furan rings is 1. The van der Waals surface area contributed by atoms with Gasteiger partial charge in [-0.25, -0.2) is 4.99 Å². The van der Waals surface area contributed by atoms with Crippen LogP contribution in [0.1, 0.15) is 42.5 Å². The fraction of sp³-hybridized carbons (Fsp3) is 0.588. The van der Waals surface area contributed by atoms with Gasteiger partial charge in [0.15, 0.2) is 11.7 Å². The minimum Gasteiger partial charge on any atom is -0.454 e. The number of nitrogens with two attached hydrogens (primary N) is 1. The topological polar surface area (TPSA) is 113 Å². The van der Waals surface area contributed by atoms with E-state index in [-0.39, 0.29) is 11.7 Å². The Bertz CT molecular complexity index is 618. The maximum Gasteiger partial charge on any atom is 0.284 e. The average molecular weight is 349 g/mol. The molecule has 1 aliphatic heterocycles. The molecule has 8 heteroatoms. The summed E-state index contributed by atoms with van der Waals surface area (Å²) in [5.74, 6) is 1.49. The Kier molecular flexibility index (Phi) is 6.85. The number of rotatable bonds is 6. The first-order chi connectivity index (χ1) is 12.0. The first-order valence-corrected chi connectivity index (χ1v) is 8.65. The molecule has 2 amide bonds. The average Bonchev–Trinajstić information content (AvgIpc) is 3.08. The van der Waals surface area contributed by atoms with Gasteiger partial charge in [0.2, 0.25) is 5.91 Å². The van der Waals surface area contributed by atoms with E-state index in [1.54, 1.807) is 19.2 Å². The second kappa shape index (κ2) is 9.10. The molecule has 0 unspecified atom stereocenters. The second-order valence-corrected chi connectivity index (χ2v) is 6.11. The highest BCUT2D eigenvalue weighted by Crippen LogP contribution is 2.20. The van der Waals surface area contributed by atoms with Crippen molar-refractivity contribution in [2.45, 2.75) is 32.7 Å². The summed E-state index contributed by atoms with van der Waals surface area (Å²) in [7, 11) is 1.67. The van der Waals surface area contributed by atoms with Gasteiger partial charge in [0.1, 0.15) is 12.3 Å². The molecule has 0 bridgehead atoms. The van der Waals surface area contributed by atoms with Crippen molar-refractivity contribution in [3.8, 4) is 0 Å². The zero-order valence-electron chi connectivity index (χ0n) is 14.9. The van der Waals surface area contributed by atoms with Gasteiger partial charge in [-0.1, -0.05) is 0 Å². The van der Waals surface area contributed by atoms with Crippen LogP contribution in [0.2, 0.25) is 0 Å². The number of likely N-dealkylation sites (tertiary alicyclic amines) is 1. The highest BCUT2D eigenvalue weighted by molar-refractivity contribution is 5.89. The van der Waals surface area contributed by atoms with E-state index in [0.717, 1.165) is 38.4 Å². The summed E-state index contributed by atoms with van der Waals surface area (Å²) in [6.45, 7) is 4.85. The van der Waals surface area contributed by atoms with Gasteiger partial charge in [-0.3, -0.25) is 9.59 Å². The monoisotopic (exact) mass is 349 g/mol. The Balaban J connectivity index is 1.93. The predicted octanol–water partition coefficient (Wildman–Crippen LogP) is 0.692. The number of hydrogen-bond acceptors (Lipinski definition) is 4. The summed E-state index contributed by atoms with van der Waals surface area (Å²) in [5.41, 5.74) is 5.19. The molecule has 0 aliphatic carbocycles. The molecule has 0 atom stereocenters. The van der Waals surface area contributed by atoms with E-state index >= 15 is 0 Å². The van der Waals surface area contributed by atoms with Crippen molar-refractivity contribution in [3.05, 3.63) is 23.7 Å². The number of amides is 2. The second-order valence-electron chi connectivity index (χ2n) is 6.11. The van der Waals surface area contributed by atoms with E-state index in [1.165, 1.54) is 0 Å². The van der Waals surface area contributed by atoms with Crippen LogP contribution in [0.3, 0.4) is 0 Å². The van der Waals surface area contributed by atoms with E-state index in [9.17, 15) is 9.59 Å². The SMILES string of the molecule is CCNC(=NCc1ccc(C(N)=O)o1)N1CCC(CC(=O)NC)CC1. The van der Waals surface area contributed by atoms with E-state index < -0.39 is 5.91 Å². The van der Waals surface area contributed by atoms with Gasteiger partial charge in [0.05, 0.1) is 0 Å². The molecule has 2 rings (SSSR count). The maximum atomic E-state index is 11.5. The number of nitrogens with zero attached hydrogens (tertiary/aromatic N) is 2. The van der Waals surface area contributed by atoms with Crippen LogP contribution in [0.4, 0.5) is 0 Å². The van der Waals surface area contributed by atoms with Gasteiger partial charge >= 0.3 is 0 Å². The van der Waals surface area contributed by atoms with Gasteiger partial charge < -0.3 is 25.7 Å². The quantitative estimate of drug-likeness (QED) is 0.517. The number of primary amides is 1. The number of carbonyl (C=O) groups is 2. The molecule has 8 nitrogen and oxygen atoms in total. The molecule has 25 heavy (non-hydrogen) atoms. The van der Waals surface area contributed by atoms with Crippen molar-refractivity contribution in [2.24, 2.45) is 16.6 Å². The zero-order chi connectivity index (χ0) is 18.2. The summed E-state index contributed by atoms with van der Waals surface area (Å²) in [4.78, 5) is 29.4.